The zero-order chi connectivity index (χ0) is 16.4. The molecule has 2 aromatic rings. The highest BCUT2D eigenvalue weighted by Gasteiger charge is 2.38. The number of benzene rings is 1. The van der Waals surface area contributed by atoms with E-state index in [9.17, 15) is 8.42 Å². The highest BCUT2D eigenvalue weighted by Crippen LogP contribution is 2.36. The zero-order valence-corrected chi connectivity index (χ0v) is 14.3. The van der Waals surface area contributed by atoms with Gasteiger partial charge in [0.25, 0.3) is 0 Å². The Morgan fingerprint density at radius 2 is 2.13 bits per heavy atom. The fraction of sp³-hybridized carbons (Fsp3) is 0.471. The maximum absolute atomic E-state index is 13.0. The van der Waals surface area contributed by atoms with Crippen molar-refractivity contribution in [1.29, 1.82) is 0 Å². The van der Waals surface area contributed by atoms with Gasteiger partial charge in [0, 0.05) is 19.0 Å². The standard InChI is InChI=1S/C17H22N2O3S/c1-3-7-14-12-15(18-22-14)16-9-6-11-19(16)23(20,21)17-10-5-4-8-13(17)2/h4-5,8,10,12,16H,3,6-7,9,11H2,1-2H3/t16-/m0/s1. The molecule has 0 aliphatic carbocycles. The van der Waals surface area contributed by atoms with E-state index < -0.39 is 10.0 Å². The number of nitrogens with zero attached hydrogens (tertiary/aromatic N) is 2. The minimum Gasteiger partial charge on any atom is -0.361 e. The van der Waals surface area contributed by atoms with Crippen LogP contribution in [0.2, 0.25) is 0 Å². The smallest absolute Gasteiger partial charge is 0.243 e. The van der Waals surface area contributed by atoms with Crippen molar-refractivity contribution in [2.75, 3.05) is 6.54 Å². The molecule has 1 aromatic carbocycles. The third-order valence-corrected chi connectivity index (χ3v) is 6.37. The molecular formula is C17H22N2O3S. The van der Waals surface area contributed by atoms with Crippen molar-refractivity contribution in [1.82, 2.24) is 9.46 Å². The first-order valence-electron chi connectivity index (χ1n) is 8.07. The number of aryl methyl sites for hydroxylation is 2. The number of aromatic nitrogens is 1. The first-order valence-corrected chi connectivity index (χ1v) is 9.51. The van der Waals surface area contributed by atoms with Gasteiger partial charge in [0.2, 0.25) is 10.0 Å². The molecule has 1 saturated heterocycles. The molecule has 0 N–H and O–H groups in total. The normalized spacial score (nSPS) is 19.3. The van der Waals surface area contributed by atoms with Crippen molar-refractivity contribution in [3.05, 3.63) is 47.3 Å². The molecule has 0 radical (unpaired) electrons. The largest absolute Gasteiger partial charge is 0.361 e. The average molecular weight is 334 g/mol. The minimum atomic E-state index is -3.52. The van der Waals surface area contributed by atoms with Crippen LogP contribution in [0.5, 0.6) is 0 Å². The summed E-state index contributed by atoms with van der Waals surface area (Å²) >= 11 is 0. The summed E-state index contributed by atoms with van der Waals surface area (Å²) in [7, 11) is -3.52. The van der Waals surface area contributed by atoms with Gasteiger partial charge in [-0.05, 0) is 37.8 Å². The lowest BCUT2D eigenvalue weighted by molar-refractivity contribution is 0.343. The van der Waals surface area contributed by atoms with Crippen molar-refractivity contribution in [3.63, 3.8) is 0 Å². The third-order valence-electron chi connectivity index (χ3n) is 4.30. The lowest BCUT2D eigenvalue weighted by atomic mass is 10.1. The van der Waals surface area contributed by atoms with Crippen molar-refractivity contribution >= 4 is 10.0 Å². The highest BCUT2D eigenvalue weighted by atomic mass is 32.2. The molecule has 2 heterocycles. The zero-order valence-electron chi connectivity index (χ0n) is 13.5. The van der Waals surface area contributed by atoms with Crippen molar-refractivity contribution in [2.24, 2.45) is 0 Å². The maximum Gasteiger partial charge on any atom is 0.243 e. The second kappa shape index (κ2) is 6.45. The summed E-state index contributed by atoms with van der Waals surface area (Å²) in [4.78, 5) is 0.379. The van der Waals surface area contributed by atoms with Gasteiger partial charge >= 0.3 is 0 Å². The fourth-order valence-corrected chi connectivity index (χ4v) is 5.04. The Hall–Kier alpha value is -1.66. The molecule has 1 aromatic heterocycles. The van der Waals surface area contributed by atoms with Gasteiger partial charge in [0.05, 0.1) is 10.9 Å². The topological polar surface area (TPSA) is 63.4 Å². The van der Waals surface area contributed by atoms with Crippen LogP contribution < -0.4 is 0 Å². The molecule has 23 heavy (non-hydrogen) atoms. The highest BCUT2D eigenvalue weighted by molar-refractivity contribution is 7.89. The van der Waals surface area contributed by atoms with Crippen LogP contribution in [0.25, 0.3) is 0 Å². The molecule has 0 saturated carbocycles. The summed E-state index contributed by atoms with van der Waals surface area (Å²) in [5.74, 6) is 0.822. The molecule has 3 rings (SSSR count). The maximum atomic E-state index is 13.0. The Morgan fingerprint density at radius 3 is 2.87 bits per heavy atom. The molecule has 0 amide bonds. The average Bonchev–Trinajstić information content (AvgIpc) is 3.16. The van der Waals surface area contributed by atoms with Crippen molar-refractivity contribution in [2.45, 2.75) is 50.5 Å². The molecule has 124 valence electrons. The number of sulfonamides is 1. The summed E-state index contributed by atoms with van der Waals surface area (Å²) in [5, 5.41) is 4.12. The van der Waals surface area contributed by atoms with Crippen LogP contribution >= 0.6 is 0 Å². The Labute approximate surface area is 137 Å². The van der Waals surface area contributed by atoms with Gasteiger partial charge in [-0.2, -0.15) is 4.31 Å². The lowest BCUT2D eigenvalue weighted by Crippen LogP contribution is -2.31. The second-order valence-corrected chi connectivity index (χ2v) is 7.87. The van der Waals surface area contributed by atoms with Gasteiger partial charge in [-0.25, -0.2) is 8.42 Å². The predicted octanol–water partition coefficient (Wildman–Crippen LogP) is 3.46. The first kappa shape index (κ1) is 16.2. The molecule has 6 heteroatoms. The summed E-state index contributed by atoms with van der Waals surface area (Å²) in [6.45, 7) is 4.43. The van der Waals surface area contributed by atoms with E-state index in [1.54, 1.807) is 16.4 Å². The van der Waals surface area contributed by atoms with E-state index in [2.05, 4.69) is 12.1 Å². The Bertz CT molecular complexity index is 783. The van der Waals surface area contributed by atoms with Crippen LogP contribution in [-0.4, -0.2) is 24.4 Å². The van der Waals surface area contributed by atoms with Crippen molar-refractivity contribution < 1.29 is 12.9 Å². The SMILES string of the molecule is CCCc1cc([C@@H]2CCCN2S(=O)(=O)c2ccccc2C)no1. The molecular weight excluding hydrogens is 312 g/mol. The molecule has 0 unspecified atom stereocenters. The third kappa shape index (κ3) is 3.05. The van der Waals surface area contributed by atoms with E-state index in [1.807, 2.05) is 25.1 Å². The minimum absolute atomic E-state index is 0.228. The van der Waals surface area contributed by atoms with Crippen LogP contribution in [-0.2, 0) is 16.4 Å². The monoisotopic (exact) mass is 334 g/mol. The van der Waals surface area contributed by atoms with E-state index in [-0.39, 0.29) is 6.04 Å². The van der Waals surface area contributed by atoms with Crippen LogP contribution in [0.15, 0.2) is 39.8 Å². The van der Waals surface area contributed by atoms with Gasteiger partial charge in [-0.3, -0.25) is 0 Å². The summed E-state index contributed by atoms with van der Waals surface area (Å²) in [6, 6.07) is 8.79. The van der Waals surface area contributed by atoms with E-state index in [0.29, 0.717) is 11.4 Å². The van der Waals surface area contributed by atoms with E-state index in [0.717, 1.165) is 42.7 Å². The van der Waals surface area contributed by atoms with Gasteiger partial charge in [0.1, 0.15) is 11.5 Å². The molecule has 1 atom stereocenters. The quantitative estimate of drug-likeness (QED) is 0.840. The molecule has 1 aliphatic rings. The number of hydrogen-bond acceptors (Lipinski definition) is 4. The second-order valence-electron chi connectivity index (χ2n) is 6.01. The molecule has 5 nitrogen and oxygen atoms in total. The lowest BCUT2D eigenvalue weighted by Gasteiger charge is -2.23. The van der Waals surface area contributed by atoms with Gasteiger partial charge in [0.15, 0.2) is 0 Å². The van der Waals surface area contributed by atoms with Crippen LogP contribution in [0.4, 0.5) is 0 Å². The van der Waals surface area contributed by atoms with E-state index in [4.69, 9.17) is 4.52 Å². The van der Waals surface area contributed by atoms with Crippen LogP contribution in [0.3, 0.4) is 0 Å². The van der Waals surface area contributed by atoms with Gasteiger partial charge in [-0.15, -0.1) is 0 Å². The van der Waals surface area contributed by atoms with Crippen LogP contribution in [0, 0.1) is 6.92 Å². The molecule has 0 bridgehead atoms. The van der Waals surface area contributed by atoms with Gasteiger partial charge < -0.3 is 4.52 Å². The summed E-state index contributed by atoms with van der Waals surface area (Å²) in [5.41, 5.74) is 1.49. The van der Waals surface area contributed by atoms with Gasteiger partial charge in [-0.1, -0.05) is 30.3 Å². The number of rotatable bonds is 5. The van der Waals surface area contributed by atoms with E-state index in [1.165, 1.54) is 0 Å². The molecule has 1 fully saturated rings. The fourth-order valence-electron chi connectivity index (χ4n) is 3.15. The molecule has 1 aliphatic heterocycles. The Balaban J connectivity index is 1.93. The number of hydrogen-bond donors (Lipinski definition) is 0. The predicted molar refractivity (Wildman–Crippen MR) is 87.5 cm³/mol. The molecule has 0 spiro atoms. The summed E-state index contributed by atoms with van der Waals surface area (Å²) < 4.78 is 33.0. The van der Waals surface area contributed by atoms with Crippen molar-refractivity contribution in [3.8, 4) is 0 Å². The Kier molecular flexibility index (Phi) is 4.55. The first-order chi connectivity index (χ1) is 11.0. The Morgan fingerprint density at radius 1 is 1.35 bits per heavy atom. The van der Waals surface area contributed by atoms with Crippen LogP contribution in [0.1, 0.15) is 49.2 Å². The van der Waals surface area contributed by atoms with E-state index >= 15 is 0 Å². The summed E-state index contributed by atoms with van der Waals surface area (Å²) in [6.07, 6.45) is 3.42.